The summed E-state index contributed by atoms with van der Waals surface area (Å²) in [6.07, 6.45) is 1.85. The maximum atomic E-state index is 12.5. The predicted octanol–water partition coefficient (Wildman–Crippen LogP) is 2.56. The number of carbonyl (C=O) groups excluding carboxylic acids is 1. The van der Waals surface area contributed by atoms with Crippen molar-refractivity contribution in [1.29, 1.82) is 0 Å². The van der Waals surface area contributed by atoms with Crippen LogP contribution in [-0.2, 0) is 13.1 Å². The molecule has 1 N–H and O–H groups in total. The van der Waals surface area contributed by atoms with Gasteiger partial charge in [-0.2, -0.15) is 5.10 Å². The van der Waals surface area contributed by atoms with Gasteiger partial charge in [0.15, 0.2) is 5.69 Å². The second kappa shape index (κ2) is 6.59. The Kier molecular flexibility index (Phi) is 4.12. The van der Waals surface area contributed by atoms with E-state index in [0.717, 1.165) is 41.7 Å². The Balaban J connectivity index is 1.54. The van der Waals surface area contributed by atoms with Crippen LogP contribution in [0.5, 0.6) is 0 Å². The van der Waals surface area contributed by atoms with E-state index in [1.54, 1.807) is 0 Å². The molecule has 2 aromatic heterocycles. The van der Waals surface area contributed by atoms with Gasteiger partial charge < -0.3 is 10.2 Å². The maximum Gasteiger partial charge on any atom is 0.276 e. The van der Waals surface area contributed by atoms with Gasteiger partial charge in [-0.1, -0.05) is 18.2 Å². The quantitative estimate of drug-likeness (QED) is 0.787. The molecule has 3 aromatic rings. The SMILES string of the molecule is Cc1ncc(C)c(N2CCn3nc(C(=O)Nc4ccccc4)cc3C2)n1. The molecule has 4 rings (SSSR count). The van der Waals surface area contributed by atoms with Crippen molar-refractivity contribution in [3.63, 3.8) is 0 Å². The fourth-order valence-corrected chi connectivity index (χ4v) is 3.11. The summed E-state index contributed by atoms with van der Waals surface area (Å²) < 4.78 is 1.90. The molecule has 0 aliphatic carbocycles. The number of aromatic nitrogens is 4. The van der Waals surface area contributed by atoms with Crippen LogP contribution in [0.3, 0.4) is 0 Å². The standard InChI is InChI=1S/C19H20N6O/c1-13-11-20-14(2)21-18(13)24-8-9-25-16(12-24)10-17(23-25)19(26)22-15-6-4-3-5-7-15/h3-7,10-11H,8-9,12H2,1-2H3,(H,22,26). The Morgan fingerprint density at radius 3 is 2.77 bits per heavy atom. The van der Waals surface area contributed by atoms with Crippen molar-refractivity contribution in [2.24, 2.45) is 0 Å². The van der Waals surface area contributed by atoms with Crippen LogP contribution in [0.25, 0.3) is 0 Å². The van der Waals surface area contributed by atoms with Gasteiger partial charge in [0.05, 0.1) is 18.8 Å². The third-order valence-electron chi connectivity index (χ3n) is 4.43. The summed E-state index contributed by atoms with van der Waals surface area (Å²) in [5, 5.41) is 7.34. The number of nitrogens with one attached hydrogen (secondary N) is 1. The van der Waals surface area contributed by atoms with Crippen LogP contribution in [0.2, 0.25) is 0 Å². The van der Waals surface area contributed by atoms with E-state index in [4.69, 9.17) is 0 Å². The van der Waals surface area contributed by atoms with Gasteiger partial charge in [0, 0.05) is 24.0 Å². The van der Waals surface area contributed by atoms with E-state index in [1.807, 2.05) is 61.1 Å². The maximum absolute atomic E-state index is 12.5. The second-order valence-electron chi connectivity index (χ2n) is 6.41. The molecule has 0 radical (unpaired) electrons. The van der Waals surface area contributed by atoms with Gasteiger partial charge >= 0.3 is 0 Å². The van der Waals surface area contributed by atoms with E-state index >= 15 is 0 Å². The first-order chi connectivity index (χ1) is 12.6. The topological polar surface area (TPSA) is 75.9 Å². The number of amides is 1. The molecular weight excluding hydrogens is 328 g/mol. The average Bonchev–Trinajstić information content (AvgIpc) is 3.08. The molecule has 0 atom stereocenters. The summed E-state index contributed by atoms with van der Waals surface area (Å²) in [6, 6.07) is 11.3. The molecule has 3 heterocycles. The fraction of sp³-hybridized carbons (Fsp3) is 0.263. The number of anilines is 2. The molecule has 26 heavy (non-hydrogen) atoms. The second-order valence-corrected chi connectivity index (χ2v) is 6.41. The van der Waals surface area contributed by atoms with Gasteiger partial charge in [0.25, 0.3) is 5.91 Å². The van der Waals surface area contributed by atoms with Gasteiger partial charge in [-0.15, -0.1) is 0 Å². The number of hydrogen-bond acceptors (Lipinski definition) is 5. The van der Waals surface area contributed by atoms with Crippen molar-refractivity contribution in [3.8, 4) is 0 Å². The fourth-order valence-electron chi connectivity index (χ4n) is 3.11. The number of fused-ring (bicyclic) bond motifs is 1. The average molecular weight is 348 g/mol. The van der Waals surface area contributed by atoms with Gasteiger partial charge in [0.2, 0.25) is 0 Å². The number of hydrogen-bond donors (Lipinski definition) is 1. The highest BCUT2D eigenvalue weighted by atomic mass is 16.1. The number of rotatable bonds is 3. The van der Waals surface area contributed by atoms with Crippen LogP contribution >= 0.6 is 0 Å². The molecule has 7 heteroatoms. The molecule has 0 saturated heterocycles. The Morgan fingerprint density at radius 1 is 1.15 bits per heavy atom. The molecule has 0 unspecified atom stereocenters. The number of nitrogens with zero attached hydrogens (tertiary/aromatic N) is 5. The van der Waals surface area contributed by atoms with E-state index in [-0.39, 0.29) is 5.91 Å². The zero-order chi connectivity index (χ0) is 18.1. The zero-order valence-corrected chi connectivity index (χ0v) is 14.8. The van der Waals surface area contributed by atoms with Gasteiger partial charge in [-0.05, 0) is 32.0 Å². The van der Waals surface area contributed by atoms with E-state index < -0.39 is 0 Å². The number of carbonyl (C=O) groups is 1. The molecule has 0 saturated carbocycles. The normalized spacial score (nSPS) is 13.4. The van der Waals surface area contributed by atoms with Crippen molar-refractivity contribution in [1.82, 2.24) is 19.7 Å². The zero-order valence-electron chi connectivity index (χ0n) is 14.8. The smallest absolute Gasteiger partial charge is 0.276 e. The first-order valence-corrected chi connectivity index (χ1v) is 8.58. The van der Waals surface area contributed by atoms with Gasteiger partial charge in [0.1, 0.15) is 11.6 Å². The first kappa shape index (κ1) is 16.3. The lowest BCUT2D eigenvalue weighted by atomic mass is 10.2. The summed E-state index contributed by atoms with van der Waals surface area (Å²) in [5.41, 5.74) is 3.24. The monoisotopic (exact) mass is 348 g/mol. The Morgan fingerprint density at radius 2 is 1.96 bits per heavy atom. The highest BCUT2D eigenvalue weighted by Crippen LogP contribution is 2.22. The van der Waals surface area contributed by atoms with Crippen LogP contribution in [-0.4, -0.2) is 32.2 Å². The van der Waals surface area contributed by atoms with Crippen LogP contribution in [0, 0.1) is 13.8 Å². The van der Waals surface area contributed by atoms with Crippen LogP contribution < -0.4 is 10.2 Å². The van der Waals surface area contributed by atoms with Gasteiger partial charge in [-0.3, -0.25) is 9.48 Å². The summed E-state index contributed by atoms with van der Waals surface area (Å²) >= 11 is 0. The summed E-state index contributed by atoms with van der Waals surface area (Å²) in [7, 11) is 0. The van der Waals surface area contributed by atoms with Crippen molar-refractivity contribution in [3.05, 3.63) is 65.4 Å². The lowest BCUT2D eigenvalue weighted by molar-refractivity contribution is 0.102. The van der Waals surface area contributed by atoms with Crippen LogP contribution in [0.1, 0.15) is 27.6 Å². The molecule has 0 spiro atoms. The molecule has 1 aliphatic heterocycles. The number of benzene rings is 1. The third-order valence-corrected chi connectivity index (χ3v) is 4.43. The predicted molar refractivity (Wildman–Crippen MR) is 99.2 cm³/mol. The minimum Gasteiger partial charge on any atom is -0.349 e. The third kappa shape index (κ3) is 3.15. The van der Waals surface area contributed by atoms with Crippen molar-refractivity contribution >= 4 is 17.4 Å². The first-order valence-electron chi connectivity index (χ1n) is 8.58. The minimum absolute atomic E-state index is 0.196. The Hall–Kier alpha value is -3.22. The van der Waals surface area contributed by atoms with E-state index in [2.05, 4.69) is 25.3 Å². The van der Waals surface area contributed by atoms with Crippen molar-refractivity contribution < 1.29 is 4.79 Å². The molecule has 1 aromatic carbocycles. The minimum atomic E-state index is -0.196. The van der Waals surface area contributed by atoms with Gasteiger partial charge in [-0.25, -0.2) is 9.97 Å². The van der Waals surface area contributed by atoms with E-state index in [1.165, 1.54) is 0 Å². The molecule has 1 amide bonds. The molecular formula is C19H20N6O. The lowest BCUT2D eigenvalue weighted by Crippen LogP contribution is -2.35. The highest BCUT2D eigenvalue weighted by molar-refractivity contribution is 6.02. The largest absolute Gasteiger partial charge is 0.349 e. The summed E-state index contributed by atoms with van der Waals surface area (Å²) in [6.45, 7) is 6.09. The van der Waals surface area contributed by atoms with Crippen LogP contribution in [0.15, 0.2) is 42.6 Å². The Bertz CT molecular complexity index is 950. The molecule has 0 fully saturated rings. The van der Waals surface area contributed by atoms with E-state index in [0.29, 0.717) is 12.2 Å². The molecule has 7 nitrogen and oxygen atoms in total. The summed E-state index contributed by atoms with van der Waals surface area (Å²) in [4.78, 5) is 23.5. The number of para-hydroxylation sites is 1. The Labute approximate surface area is 151 Å². The van der Waals surface area contributed by atoms with Crippen LogP contribution in [0.4, 0.5) is 11.5 Å². The molecule has 132 valence electrons. The lowest BCUT2D eigenvalue weighted by Gasteiger charge is -2.29. The highest BCUT2D eigenvalue weighted by Gasteiger charge is 2.23. The van der Waals surface area contributed by atoms with Crippen molar-refractivity contribution in [2.45, 2.75) is 26.9 Å². The molecule has 1 aliphatic rings. The van der Waals surface area contributed by atoms with Crippen molar-refractivity contribution in [2.75, 3.05) is 16.8 Å². The van der Waals surface area contributed by atoms with E-state index in [9.17, 15) is 4.79 Å². The summed E-state index contributed by atoms with van der Waals surface area (Å²) in [5.74, 6) is 1.51. The number of aryl methyl sites for hydroxylation is 2. The molecule has 0 bridgehead atoms.